The maximum absolute atomic E-state index is 12.0. The number of pyridine rings is 1. The molecule has 23 heavy (non-hydrogen) atoms. The molecule has 1 N–H and O–H groups in total. The van der Waals surface area contributed by atoms with Crippen molar-refractivity contribution in [1.29, 1.82) is 0 Å². The van der Waals surface area contributed by atoms with Crippen molar-refractivity contribution in [3.8, 4) is 5.75 Å². The van der Waals surface area contributed by atoms with Gasteiger partial charge in [-0.1, -0.05) is 0 Å². The molecule has 0 saturated carbocycles. The van der Waals surface area contributed by atoms with Gasteiger partial charge in [-0.15, -0.1) is 0 Å². The molecule has 2 heterocycles. The van der Waals surface area contributed by atoms with Crippen LogP contribution in [0.4, 0.5) is 4.79 Å². The average molecular weight is 321 g/mol. The summed E-state index contributed by atoms with van der Waals surface area (Å²) in [5.41, 5.74) is -0.181. The molecule has 0 spiro atoms. The molecule has 1 aromatic heterocycles. The monoisotopic (exact) mass is 321 g/mol. The fourth-order valence-electron chi connectivity index (χ4n) is 2.16. The Kier molecular flexibility index (Phi) is 4.77. The first-order chi connectivity index (χ1) is 10.7. The number of nitrogens with zero attached hydrogens (tertiary/aromatic N) is 2. The minimum absolute atomic E-state index is 0.0801. The molecule has 1 saturated heterocycles. The van der Waals surface area contributed by atoms with Gasteiger partial charge in [0.25, 0.3) is 5.91 Å². The number of hydrogen-bond donors (Lipinski definition) is 1. The molecule has 0 radical (unpaired) electrons. The van der Waals surface area contributed by atoms with E-state index in [1.807, 2.05) is 27.7 Å². The zero-order valence-corrected chi connectivity index (χ0v) is 14.1. The molecular weight excluding hydrogens is 298 g/mol. The number of rotatable bonds is 3. The van der Waals surface area contributed by atoms with Crippen molar-refractivity contribution in [2.75, 3.05) is 13.6 Å². The van der Waals surface area contributed by atoms with E-state index in [4.69, 9.17) is 9.47 Å². The van der Waals surface area contributed by atoms with Crippen LogP contribution in [-0.4, -0.2) is 53.2 Å². The van der Waals surface area contributed by atoms with E-state index < -0.39 is 5.60 Å². The first kappa shape index (κ1) is 17.1. The van der Waals surface area contributed by atoms with Crippen LogP contribution in [0, 0.1) is 0 Å². The molecule has 0 unspecified atom stereocenters. The highest BCUT2D eigenvalue weighted by Gasteiger charge is 2.42. The second-order valence-corrected chi connectivity index (χ2v) is 6.49. The van der Waals surface area contributed by atoms with Gasteiger partial charge < -0.3 is 14.8 Å². The molecule has 2 rings (SSSR count). The highest BCUT2D eigenvalue weighted by atomic mass is 16.6. The van der Waals surface area contributed by atoms with E-state index in [2.05, 4.69) is 10.3 Å². The molecule has 1 aromatic rings. The lowest BCUT2D eigenvalue weighted by atomic mass is 10.0. The Morgan fingerprint density at radius 1 is 1.35 bits per heavy atom. The summed E-state index contributed by atoms with van der Waals surface area (Å²) in [5, 5.41) is 2.51. The smallest absolute Gasteiger partial charge is 0.410 e. The van der Waals surface area contributed by atoms with Crippen LogP contribution in [0.2, 0.25) is 0 Å². The summed E-state index contributed by atoms with van der Waals surface area (Å²) in [5.74, 6) is 0.322. The van der Waals surface area contributed by atoms with Gasteiger partial charge in [-0.2, -0.15) is 0 Å². The highest BCUT2D eigenvalue weighted by molar-refractivity contribution is 5.91. The fourth-order valence-corrected chi connectivity index (χ4v) is 2.16. The van der Waals surface area contributed by atoms with Crippen LogP contribution in [-0.2, 0) is 4.74 Å². The lowest BCUT2D eigenvalue weighted by molar-refractivity contribution is -0.0537. The summed E-state index contributed by atoms with van der Waals surface area (Å²) < 4.78 is 11.1. The molecule has 1 aliphatic heterocycles. The molecule has 7 heteroatoms. The molecule has 2 atom stereocenters. The minimum Gasteiger partial charge on any atom is -0.485 e. The van der Waals surface area contributed by atoms with E-state index in [9.17, 15) is 9.59 Å². The van der Waals surface area contributed by atoms with Crippen molar-refractivity contribution in [2.45, 2.75) is 45.4 Å². The maximum Gasteiger partial charge on any atom is 0.410 e. The van der Waals surface area contributed by atoms with Crippen molar-refractivity contribution in [1.82, 2.24) is 15.2 Å². The summed E-state index contributed by atoms with van der Waals surface area (Å²) in [6.07, 6.45) is 1.06. The van der Waals surface area contributed by atoms with Gasteiger partial charge in [0.05, 0.1) is 18.8 Å². The Hall–Kier alpha value is -2.31. The Morgan fingerprint density at radius 3 is 2.52 bits per heavy atom. The Labute approximate surface area is 136 Å². The lowest BCUT2D eigenvalue weighted by Gasteiger charge is -2.45. The van der Waals surface area contributed by atoms with Crippen LogP contribution in [0.5, 0.6) is 5.75 Å². The van der Waals surface area contributed by atoms with E-state index >= 15 is 0 Å². The molecule has 0 bridgehead atoms. The molecule has 7 nitrogen and oxygen atoms in total. The fraction of sp³-hybridized carbons (Fsp3) is 0.562. The van der Waals surface area contributed by atoms with Crippen LogP contribution in [0.25, 0.3) is 0 Å². The van der Waals surface area contributed by atoms with Crippen LogP contribution >= 0.6 is 0 Å². The summed E-state index contributed by atoms with van der Waals surface area (Å²) in [7, 11) is 1.55. The number of aromatic nitrogens is 1. The number of hydrogen-bond acceptors (Lipinski definition) is 5. The largest absolute Gasteiger partial charge is 0.485 e. The number of amides is 2. The third-order valence-corrected chi connectivity index (χ3v) is 3.52. The van der Waals surface area contributed by atoms with Gasteiger partial charge in [0.2, 0.25) is 0 Å². The molecule has 0 aliphatic carbocycles. The Morgan fingerprint density at radius 2 is 2.04 bits per heavy atom. The zero-order valence-electron chi connectivity index (χ0n) is 14.1. The zero-order chi connectivity index (χ0) is 17.2. The van der Waals surface area contributed by atoms with Gasteiger partial charge in [-0.25, -0.2) is 9.78 Å². The van der Waals surface area contributed by atoms with Crippen LogP contribution in [0.1, 0.15) is 38.2 Å². The van der Waals surface area contributed by atoms with E-state index in [0.717, 1.165) is 0 Å². The third kappa shape index (κ3) is 4.12. The first-order valence-corrected chi connectivity index (χ1v) is 7.55. The van der Waals surface area contributed by atoms with Gasteiger partial charge in [-0.05, 0) is 39.8 Å². The summed E-state index contributed by atoms with van der Waals surface area (Å²) in [4.78, 5) is 29.1. The van der Waals surface area contributed by atoms with Gasteiger partial charge in [0, 0.05) is 7.05 Å². The van der Waals surface area contributed by atoms with Gasteiger partial charge >= 0.3 is 6.09 Å². The quantitative estimate of drug-likeness (QED) is 0.918. The summed E-state index contributed by atoms with van der Waals surface area (Å²) in [6, 6.07) is 3.22. The van der Waals surface area contributed by atoms with Crippen molar-refractivity contribution < 1.29 is 19.1 Å². The molecule has 126 valence electrons. The van der Waals surface area contributed by atoms with Crippen LogP contribution in [0.15, 0.2) is 18.3 Å². The molecule has 1 fully saturated rings. The van der Waals surface area contributed by atoms with E-state index in [-0.39, 0.29) is 24.1 Å². The average Bonchev–Trinajstić information content (AvgIpc) is 2.48. The maximum atomic E-state index is 12.0. The topological polar surface area (TPSA) is 80.8 Å². The number of nitrogens with one attached hydrogen (secondary N) is 1. The summed E-state index contributed by atoms with van der Waals surface area (Å²) >= 11 is 0. The van der Waals surface area contributed by atoms with Gasteiger partial charge in [0.15, 0.2) is 0 Å². The predicted molar refractivity (Wildman–Crippen MR) is 84.4 cm³/mol. The molecule has 0 aromatic carbocycles. The normalized spacial score (nSPS) is 20.5. The second-order valence-electron chi connectivity index (χ2n) is 6.49. The number of likely N-dealkylation sites (tertiary alicyclic amines) is 1. The summed E-state index contributed by atoms with van der Waals surface area (Å²) in [6.45, 7) is 7.88. The van der Waals surface area contributed by atoms with Crippen LogP contribution < -0.4 is 10.1 Å². The van der Waals surface area contributed by atoms with Crippen molar-refractivity contribution in [2.24, 2.45) is 0 Å². The van der Waals surface area contributed by atoms with Gasteiger partial charge in [-0.3, -0.25) is 9.69 Å². The highest BCUT2D eigenvalue weighted by Crippen LogP contribution is 2.25. The minimum atomic E-state index is -0.512. The molecule has 1 aliphatic rings. The van der Waals surface area contributed by atoms with Crippen LogP contribution in [0.3, 0.4) is 0 Å². The van der Waals surface area contributed by atoms with Crippen molar-refractivity contribution >= 4 is 12.0 Å². The lowest BCUT2D eigenvalue weighted by Crippen LogP contribution is -2.63. The van der Waals surface area contributed by atoms with E-state index in [1.165, 1.54) is 6.20 Å². The standard InChI is InChI=1S/C16H23N3O4/c1-10-13(9-19(10)15(21)23-16(2,3)4)22-11-6-7-12(18-8-11)14(20)17-5/h6-8,10,13H,9H2,1-5H3,(H,17,20)/t10-,13-/m0/s1. The third-order valence-electron chi connectivity index (χ3n) is 3.52. The number of ether oxygens (including phenoxy) is 2. The van der Waals surface area contributed by atoms with E-state index in [0.29, 0.717) is 18.0 Å². The predicted octanol–water partition coefficient (Wildman–Crippen LogP) is 1.83. The SMILES string of the molecule is CNC(=O)c1ccc(O[C@H]2CN(C(=O)OC(C)(C)C)[C@H]2C)cn1. The molecular formula is C16H23N3O4. The first-order valence-electron chi connectivity index (χ1n) is 7.55. The van der Waals surface area contributed by atoms with Gasteiger partial charge in [0.1, 0.15) is 23.1 Å². The Bertz CT molecular complexity index is 580. The number of carbonyl (C=O) groups is 2. The number of carbonyl (C=O) groups excluding carboxylic acids is 2. The van der Waals surface area contributed by atoms with Crippen molar-refractivity contribution in [3.63, 3.8) is 0 Å². The van der Waals surface area contributed by atoms with Crippen molar-refractivity contribution in [3.05, 3.63) is 24.0 Å². The van der Waals surface area contributed by atoms with E-state index in [1.54, 1.807) is 24.1 Å². The Balaban J connectivity index is 1.89. The molecule has 2 amide bonds. The second kappa shape index (κ2) is 6.44.